The molecule has 110 valence electrons. The maximum Gasteiger partial charge on any atom is 0.269 e. The number of methoxy groups -OCH3 is 1. The molecule has 0 aliphatic rings. The van der Waals surface area contributed by atoms with E-state index in [4.69, 9.17) is 10.5 Å². The summed E-state index contributed by atoms with van der Waals surface area (Å²) in [6, 6.07) is 11.9. The van der Waals surface area contributed by atoms with Crippen molar-refractivity contribution in [3.05, 3.63) is 69.3 Å². The summed E-state index contributed by atoms with van der Waals surface area (Å²) in [6.45, 7) is 2.00. The molecule has 0 bridgehead atoms. The van der Waals surface area contributed by atoms with E-state index in [0.717, 1.165) is 23.1 Å². The number of ether oxygens (including phenoxy) is 1. The Hall–Kier alpha value is -2.40. The molecule has 2 aromatic carbocycles. The summed E-state index contributed by atoms with van der Waals surface area (Å²) in [5, 5.41) is 11.0. The minimum atomic E-state index is -0.421. The average molecular weight is 286 g/mol. The molecule has 0 fully saturated rings. The van der Waals surface area contributed by atoms with Crippen molar-refractivity contribution in [2.45, 2.75) is 19.4 Å². The molecule has 2 rings (SSSR count). The Labute approximate surface area is 123 Å². The second kappa shape index (κ2) is 6.37. The first-order valence-corrected chi connectivity index (χ1v) is 6.73. The molecule has 0 radical (unpaired) electrons. The lowest BCUT2D eigenvalue weighted by Gasteiger charge is -2.17. The second-order valence-electron chi connectivity index (χ2n) is 4.75. The van der Waals surface area contributed by atoms with Crippen LogP contribution in [-0.2, 0) is 6.42 Å². The Bertz CT molecular complexity index is 656. The summed E-state index contributed by atoms with van der Waals surface area (Å²) in [5.41, 5.74) is 9.02. The van der Waals surface area contributed by atoms with Crippen molar-refractivity contribution < 1.29 is 9.66 Å². The van der Waals surface area contributed by atoms with Gasteiger partial charge in [-0.2, -0.15) is 0 Å². The van der Waals surface area contributed by atoms with Gasteiger partial charge in [-0.3, -0.25) is 10.1 Å². The standard InChI is InChI=1S/C16H18N2O3/c1-3-11-7-8-13(18(19)20)10-15(11)16(17)12-5-4-6-14(9-12)21-2/h4-10,16H,3,17H2,1-2H3. The first-order chi connectivity index (χ1) is 10.1. The van der Waals surface area contributed by atoms with Crippen LogP contribution in [0.5, 0.6) is 5.75 Å². The van der Waals surface area contributed by atoms with Crippen LogP contribution in [0, 0.1) is 10.1 Å². The molecule has 0 spiro atoms. The molecule has 0 aliphatic heterocycles. The van der Waals surface area contributed by atoms with Gasteiger partial charge in [-0.25, -0.2) is 0 Å². The van der Waals surface area contributed by atoms with Crippen molar-refractivity contribution in [2.24, 2.45) is 5.73 Å². The van der Waals surface area contributed by atoms with Crippen molar-refractivity contribution in [1.82, 2.24) is 0 Å². The third-order valence-corrected chi connectivity index (χ3v) is 3.51. The van der Waals surface area contributed by atoms with E-state index in [1.165, 1.54) is 6.07 Å². The lowest BCUT2D eigenvalue weighted by molar-refractivity contribution is -0.384. The molecule has 5 heteroatoms. The molecule has 1 atom stereocenters. The fourth-order valence-electron chi connectivity index (χ4n) is 2.32. The molecule has 1 unspecified atom stereocenters. The van der Waals surface area contributed by atoms with Crippen LogP contribution in [0.3, 0.4) is 0 Å². The largest absolute Gasteiger partial charge is 0.497 e. The van der Waals surface area contributed by atoms with Gasteiger partial charge in [-0.05, 0) is 35.2 Å². The van der Waals surface area contributed by atoms with E-state index in [2.05, 4.69) is 0 Å². The van der Waals surface area contributed by atoms with E-state index < -0.39 is 11.0 Å². The van der Waals surface area contributed by atoms with E-state index in [1.54, 1.807) is 19.2 Å². The number of hydrogen-bond acceptors (Lipinski definition) is 4. The number of non-ortho nitro benzene ring substituents is 1. The smallest absolute Gasteiger partial charge is 0.269 e. The van der Waals surface area contributed by atoms with Crippen LogP contribution < -0.4 is 10.5 Å². The predicted molar refractivity (Wildman–Crippen MR) is 81.5 cm³/mol. The molecule has 2 aromatic rings. The quantitative estimate of drug-likeness (QED) is 0.676. The van der Waals surface area contributed by atoms with Gasteiger partial charge in [0.25, 0.3) is 5.69 Å². The Morgan fingerprint density at radius 2 is 2.05 bits per heavy atom. The van der Waals surface area contributed by atoms with Crippen molar-refractivity contribution in [3.63, 3.8) is 0 Å². The van der Waals surface area contributed by atoms with Gasteiger partial charge in [0.15, 0.2) is 0 Å². The Balaban J connectivity index is 2.47. The van der Waals surface area contributed by atoms with E-state index >= 15 is 0 Å². The minimum absolute atomic E-state index is 0.0561. The zero-order chi connectivity index (χ0) is 15.4. The topological polar surface area (TPSA) is 78.4 Å². The highest BCUT2D eigenvalue weighted by Gasteiger charge is 2.17. The summed E-state index contributed by atoms with van der Waals surface area (Å²) in [7, 11) is 1.59. The fraction of sp³-hybridized carbons (Fsp3) is 0.250. The first kappa shape index (κ1) is 15.0. The number of nitrogens with two attached hydrogens (primary N) is 1. The minimum Gasteiger partial charge on any atom is -0.497 e. The SMILES string of the molecule is CCc1ccc([N+](=O)[O-])cc1C(N)c1cccc(OC)c1. The molecule has 0 heterocycles. The van der Waals surface area contributed by atoms with Gasteiger partial charge < -0.3 is 10.5 Å². The van der Waals surface area contributed by atoms with Crippen molar-refractivity contribution in [2.75, 3.05) is 7.11 Å². The number of nitro benzene ring substituents is 1. The van der Waals surface area contributed by atoms with Crippen LogP contribution >= 0.6 is 0 Å². The molecular formula is C16H18N2O3. The van der Waals surface area contributed by atoms with Crippen LogP contribution in [0.4, 0.5) is 5.69 Å². The van der Waals surface area contributed by atoms with E-state index in [1.807, 2.05) is 31.2 Å². The molecule has 5 nitrogen and oxygen atoms in total. The normalized spacial score (nSPS) is 12.0. The van der Waals surface area contributed by atoms with Gasteiger partial charge in [0.2, 0.25) is 0 Å². The lowest BCUT2D eigenvalue weighted by atomic mass is 9.93. The summed E-state index contributed by atoms with van der Waals surface area (Å²) in [5.74, 6) is 0.714. The van der Waals surface area contributed by atoms with Crippen LogP contribution in [0.15, 0.2) is 42.5 Å². The second-order valence-corrected chi connectivity index (χ2v) is 4.75. The summed E-state index contributed by atoms with van der Waals surface area (Å²) in [4.78, 5) is 10.6. The Morgan fingerprint density at radius 3 is 2.67 bits per heavy atom. The highest BCUT2D eigenvalue weighted by Crippen LogP contribution is 2.28. The molecule has 0 amide bonds. The first-order valence-electron chi connectivity index (χ1n) is 6.73. The zero-order valence-electron chi connectivity index (χ0n) is 12.1. The summed E-state index contributed by atoms with van der Waals surface area (Å²) < 4.78 is 5.20. The molecule has 0 saturated carbocycles. The highest BCUT2D eigenvalue weighted by atomic mass is 16.6. The number of benzene rings is 2. The van der Waals surface area contributed by atoms with Gasteiger partial charge in [0.05, 0.1) is 18.1 Å². The maximum absolute atomic E-state index is 11.0. The van der Waals surface area contributed by atoms with Crippen LogP contribution in [0.2, 0.25) is 0 Å². The van der Waals surface area contributed by atoms with Gasteiger partial charge in [0, 0.05) is 12.1 Å². The number of hydrogen-bond donors (Lipinski definition) is 1. The van der Waals surface area contributed by atoms with Crippen LogP contribution in [0.1, 0.15) is 29.7 Å². The predicted octanol–water partition coefficient (Wildman–Crippen LogP) is 3.21. The highest BCUT2D eigenvalue weighted by molar-refractivity contribution is 5.46. The number of rotatable bonds is 5. The van der Waals surface area contributed by atoms with Crippen LogP contribution in [-0.4, -0.2) is 12.0 Å². The Morgan fingerprint density at radius 1 is 1.29 bits per heavy atom. The van der Waals surface area contributed by atoms with Gasteiger partial charge in [0.1, 0.15) is 5.75 Å². The lowest BCUT2D eigenvalue weighted by Crippen LogP contribution is -2.14. The van der Waals surface area contributed by atoms with Crippen molar-refractivity contribution in [3.8, 4) is 5.75 Å². The van der Waals surface area contributed by atoms with Gasteiger partial charge in [-0.15, -0.1) is 0 Å². The molecule has 2 N–H and O–H groups in total. The van der Waals surface area contributed by atoms with Crippen molar-refractivity contribution >= 4 is 5.69 Å². The molecule has 0 aromatic heterocycles. The number of aryl methyl sites for hydroxylation is 1. The third-order valence-electron chi connectivity index (χ3n) is 3.51. The average Bonchev–Trinajstić information content (AvgIpc) is 2.53. The van der Waals surface area contributed by atoms with E-state index in [9.17, 15) is 10.1 Å². The maximum atomic E-state index is 11.0. The summed E-state index contributed by atoms with van der Waals surface area (Å²) in [6.07, 6.45) is 0.769. The van der Waals surface area contributed by atoms with Gasteiger partial charge in [-0.1, -0.05) is 25.1 Å². The fourth-order valence-corrected chi connectivity index (χ4v) is 2.32. The number of nitrogens with zero attached hydrogens (tertiary/aromatic N) is 1. The molecule has 0 aliphatic carbocycles. The monoisotopic (exact) mass is 286 g/mol. The Kier molecular flexibility index (Phi) is 4.55. The van der Waals surface area contributed by atoms with Gasteiger partial charge >= 0.3 is 0 Å². The molecular weight excluding hydrogens is 268 g/mol. The van der Waals surface area contributed by atoms with E-state index in [-0.39, 0.29) is 5.69 Å². The van der Waals surface area contributed by atoms with E-state index in [0.29, 0.717) is 5.75 Å². The zero-order valence-corrected chi connectivity index (χ0v) is 12.1. The summed E-state index contributed by atoms with van der Waals surface area (Å²) >= 11 is 0. The van der Waals surface area contributed by atoms with Crippen LogP contribution in [0.25, 0.3) is 0 Å². The molecule has 0 saturated heterocycles. The third kappa shape index (κ3) is 3.20. The molecule has 21 heavy (non-hydrogen) atoms. The number of nitro groups is 1. The van der Waals surface area contributed by atoms with Crippen molar-refractivity contribution in [1.29, 1.82) is 0 Å².